The van der Waals surface area contributed by atoms with Gasteiger partial charge in [-0.3, -0.25) is 4.79 Å². The van der Waals surface area contributed by atoms with Crippen molar-refractivity contribution in [3.05, 3.63) is 69.2 Å². The van der Waals surface area contributed by atoms with E-state index >= 15 is 0 Å². The first-order valence-electron chi connectivity index (χ1n) is 10.0. The van der Waals surface area contributed by atoms with E-state index in [0.29, 0.717) is 12.1 Å². The lowest BCUT2D eigenvalue weighted by Gasteiger charge is -2.28. The first-order chi connectivity index (χ1) is 15.6. The lowest BCUT2D eigenvalue weighted by Crippen LogP contribution is -2.31. The molecule has 2 aromatic carbocycles. The number of nitrogens with zero attached hydrogens (tertiary/aromatic N) is 1. The second-order valence-electron chi connectivity index (χ2n) is 8.35. The smallest absolute Gasteiger partial charge is 0.332 e. The Balaban J connectivity index is 1.73. The summed E-state index contributed by atoms with van der Waals surface area (Å²) in [4.78, 5) is 14.0. The Morgan fingerprint density at radius 3 is 1.85 bits per heavy atom. The third kappa shape index (κ3) is 4.46. The maximum Gasteiger partial charge on any atom is 0.416 e. The number of carbonyl (C=O) groups excluding carboxylic acids is 1. The zero-order valence-electron chi connectivity index (χ0n) is 17.0. The second-order valence-corrected chi connectivity index (χ2v) is 8.75. The molecule has 2 aliphatic rings. The fraction of sp³-hybridized carbons (Fsp3) is 0.409. The van der Waals surface area contributed by atoms with Gasteiger partial charge in [0.1, 0.15) is 0 Å². The molecule has 0 unspecified atom stereocenters. The maximum absolute atomic E-state index is 13.3. The highest BCUT2D eigenvalue weighted by Crippen LogP contribution is 2.51. The van der Waals surface area contributed by atoms with Gasteiger partial charge < -0.3 is 4.90 Å². The van der Waals surface area contributed by atoms with Crippen LogP contribution in [0, 0.1) is 0 Å². The number of hydrogen-bond acceptors (Lipinski definition) is 1. The molecule has 2 saturated heterocycles. The van der Waals surface area contributed by atoms with Crippen LogP contribution in [0.1, 0.15) is 59.0 Å². The predicted molar refractivity (Wildman–Crippen MR) is 103 cm³/mol. The highest BCUT2D eigenvalue weighted by atomic mass is 35.5. The van der Waals surface area contributed by atoms with Crippen LogP contribution < -0.4 is 0 Å². The monoisotopic (exact) mass is 515 g/mol. The minimum atomic E-state index is -5.04. The van der Waals surface area contributed by atoms with Crippen LogP contribution in [0.15, 0.2) is 36.4 Å². The first kappa shape index (κ1) is 24.7. The third-order valence-corrected chi connectivity index (χ3v) is 6.64. The Labute approximate surface area is 192 Å². The van der Waals surface area contributed by atoms with Crippen LogP contribution in [0.3, 0.4) is 0 Å². The van der Waals surface area contributed by atoms with E-state index in [4.69, 9.17) is 11.6 Å². The molecular formula is C22H15ClF9NO. The molecule has 2 fully saturated rings. The van der Waals surface area contributed by atoms with E-state index in [1.165, 1.54) is 4.90 Å². The molecule has 0 radical (unpaired) electrons. The van der Waals surface area contributed by atoms with Crippen molar-refractivity contribution in [1.29, 1.82) is 0 Å². The van der Waals surface area contributed by atoms with Crippen molar-refractivity contribution in [2.24, 2.45) is 0 Å². The van der Waals surface area contributed by atoms with Gasteiger partial charge in [-0.2, -0.15) is 39.5 Å². The Hall–Kier alpha value is -2.43. The second kappa shape index (κ2) is 8.07. The number of carbonyl (C=O) groups is 1. The summed E-state index contributed by atoms with van der Waals surface area (Å²) in [5.41, 5.74) is -4.21. The van der Waals surface area contributed by atoms with Gasteiger partial charge in [0.25, 0.3) is 0 Å². The minimum absolute atomic E-state index is 0.0118. The van der Waals surface area contributed by atoms with Gasteiger partial charge in [-0.1, -0.05) is 11.6 Å². The van der Waals surface area contributed by atoms with Crippen molar-refractivity contribution in [2.45, 2.75) is 55.8 Å². The molecule has 34 heavy (non-hydrogen) atoms. The molecule has 2 nitrogen and oxygen atoms in total. The Bertz CT molecular complexity index is 1090. The van der Waals surface area contributed by atoms with Crippen molar-refractivity contribution >= 4 is 17.5 Å². The Kier molecular flexibility index (Phi) is 5.86. The summed E-state index contributed by atoms with van der Waals surface area (Å²) >= 11 is 6.10. The van der Waals surface area contributed by atoms with Crippen LogP contribution in [-0.4, -0.2) is 16.8 Å². The average Bonchev–Trinajstić information content (AvgIpc) is 3.27. The summed E-state index contributed by atoms with van der Waals surface area (Å²) in [5, 5.41) is -0.0201. The summed E-state index contributed by atoms with van der Waals surface area (Å²) < 4.78 is 119. The Morgan fingerprint density at radius 2 is 1.32 bits per heavy atom. The molecule has 0 aromatic heterocycles. The number of fused-ring (bicyclic) bond motifs is 1. The highest BCUT2D eigenvalue weighted by Gasteiger charge is 2.50. The number of benzene rings is 2. The summed E-state index contributed by atoms with van der Waals surface area (Å²) in [5.74, 6) is -1.55. The number of halogens is 10. The maximum atomic E-state index is 13.3. The van der Waals surface area contributed by atoms with E-state index in [1.54, 1.807) is 0 Å². The molecule has 0 spiro atoms. The number of rotatable bonds is 2. The van der Waals surface area contributed by atoms with E-state index in [1.807, 2.05) is 0 Å². The average molecular weight is 516 g/mol. The van der Waals surface area contributed by atoms with E-state index in [0.717, 1.165) is 18.2 Å². The van der Waals surface area contributed by atoms with Crippen LogP contribution >= 0.6 is 11.6 Å². The molecule has 0 bridgehead atoms. The van der Waals surface area contributed by atoms with E-state index in [-0.39, 0.29) is 41.5 Å². The van der Waals surface area contributed by atoms with E-state index in [2.05, 4.69) is 0 Å². The summed E-state index contributed by atoms with van der Waals surface area (Å²) in [6, 6.07) is 2.22. The van der Waals surface area contributed by atoms with Gasteiger partial charge in [0, 0.05) is 23.4 Å². The van der Waals surface area contributed by atoms with Crippen molar-refractivity contribution in [3.63, 3.8) is 0 Å². The topological polar surface area (TPSA) is 20.3 Å². The molecule has 3 atom stereocenters. The van der Waals surface area contributed by atoms with Crippen LogP contribution in [0.25, 0.3) is 0 Å². The molecule has 1 amide bonds. The number of amides is 1. The van der Waals surface area contributed by atoms with Gasteiger partial charge in [-0.05, 0) is 60.4 Å². The lowest BCUT2D eigenvalue weighted by atomic mass is 9.87. The van der Waals surface area contributed by atoms with Gasteiger partial charge in [0.2, 0.25) is 5.91 Å². The SMILES string of the molecule is O=C1C[C@H](c2cc(C(F)(F)F)cc(C(F)(F)F)c2)[C@@H]2CC[C@@H](c3cc(C(F)(F)F)ccc3Cl)N12. The molecule has 0 N–H and O–H groups in total. The molecule has 2 aliphatic heterocycles. The molecular weight excluding hydrogens is 501 g/mol. The van der Waals surface area contributed by atoms with Crippen LogP contribution in [-0.2, 0) is 23.3 Å². The van der Waals surface area contributed by atoms with E-state index in [9.17, 15) is 44.3 Å². The number of alkyl halides is 9. The van der Waals surface area contributed by atoms with Crippen LogP contribution in [0.2, 0.25) is 5.02 Å². The lowest BCUT2D eigenvalue weighted by molar-refractivity contribution is -0.143. The Morgan fingerprint density at radius 1 is 0.765 bits per heavy atom. The van der Waals surface area contributed by atoms with Crippen molar-refractivity contribution in [1.82, 2.24) is 4.90 Å². The standard InChI is InChI=1S/C22H15ClF9NO/c23-16-2-1-11(20(24,25)26)8-15(16)18-4-3-17-14(9-19(34)33(17)18)10-5-12(21(27,28)29)7-13(6-10)22(30,31)32/h1-2,5-8,14,17-18H,3-4,9H2/t14-,17+,18+/m1/s1. The quantitative estimate of drug-likeness (QED) is 0.377. The van der Waals surface area contributed by atoms with E-state index < -0.39 is 59.1 Å². The minimum Gasteiger partial charge on any atom is -0.332 e. The molecule has 0 aliphatic carbocycles. The zero-order chi connectivity index (χ0) is 25.2. The summed E-state index contributed by atoms with van der Waals surface area (Å²) in [6.07, 6.45) is -14.8. The predicted octanol–water partition coefficient (Wildman–Crippen LogP) is 7.62. The first-order valence-corrected chi connectivity index (χ1v) is 10.4. The van der Waals surface area contributed by atoms with Crippen LogP contribution in [0.4, 0.5) is 39.5 Å². The van der Waals surface area contributed by atoms with Gasteiger partial charge in [0.05, 0.1) is 22.7 Å². The normalized spacial score (nSPS) is 23.5. The van der Waals surface area contributed by atoms with Crippen LogP contribution in [0.5, 0.6) is 0 Å². The molecule has 12 heteroatoms. The molecule has 2 aromatic rings. The van der Waals surface area contributed by atoms with Crippen molar-refractivity contribution in [3.8, 4) is 0 Å². The molecule has 0 saturated carbocycles. The zero-order valence-corrected chi connectivity index (χ0v) is 17.7. The van der Waals surface area contributed by atoms with Gasteiger partial charge in [-0.15, -0.1) is 0 Å². The van der Waals surface area contributed by atoms with Gasteiger partial charge >= 0.3 is 18.5 Å². The number of hydrogen-bond donors (Lipinski definition) is 0. The summed E-state index contributed by atoms with van der Waals surface area (Å²) in [6.45, 7) is 0. The fourth-order valence-corrected chi connectivity index (χ4v) is 5.08. The molecule has 2 heterocycles. The van der Waals surface area contributed by atoms with Gasteiger partial charge in [0.15, 0.2) is 0 Å². The largest absolute Gasteiger partial charge is 0.416 e. The summed E-state index contributed by atoms with van der Waals surface area (Å²) in [7, 11) is 0. The highest BCUT2D eigenvalue weighted by molar-refractivity contribution is 6.31. The molecule has 184 valence electrons. The van der Waals surface area contributed by atoms with Crippen molar-refractivity contribution < 1.29 is 44.3 Å². The molecule has 4 rings (SSSR count). The van der Waals surface area contributed by atoms with Crippen molar-refractivity contribution in [2.75, 3.05) is 0 Å². The third-order valence-electron chi connectivity index (χ3n) is 6.30. The van der Waals surface area contributed by atoms with Gasteiger partial charge in [-0.25, -0.2) is 0 Å². The fourth-order valence-electron chi connectivity index (χ4n) is 4.84.